The van der Waals surface area contributed by atoms with Gasteiger partial charge in [0.05, 0.1) is 5.69 Å². The molecule has 60 heavy (non-hydrogen) atoms. The minimum Gasteiger partial charge on any atom is -0.310 e. The summed E-state index contributed by atoms with van der Waals surface area (Å²) in [5, 5.41) is 0. The average Bonchev–Trinajstić information content (AvgIpc) is 4.01. The third-order valence-electron chi connectivity index (χ3n) is 15.0. The summed E-state index contributed by atoms with van der Waals surface area (Å²) < 4.78 is 0. The minimum atomic E-state index is -0.0833. The smallest absolute Gasteiger partial charge is 0.0540 e. The van der Waals surface area contributed by atoms with Gasteiger partial charge in [0, 0.05) is 33.2 Å². The number of hydrogen-bond donors (Lipinski definition) is 0. The van der Waals surface area contributed by atoms with Crippen LogP contribution in [0, 0.1) is 0 Å². The predicted octanol–water partition coefficient (Wildman–Crippen LogP) is 15.9. The maximum atomic E-state index is 2.54. The highest BCUT2D eigenvalue weighted by molar-refractivity contribution is 5.99. The largest absolute Gasteiger partial charge is 0.310 e. The van der Waals surface area contributed by atoms with E-state index >= 15 is 0 Å². The molecule has 1 nitrogen and oxygen atoms in total. The first-order valence-corrected chi connectivity index (χ1v) is 22.0. The summed E-state index contributed by atoms with van der Waals surface area (Å²) in [4.78, 5) is 2.54. The molecule has 0 aromatic heterocycles. The quantitative estimate of drug-likeness (QED) is 0.168. The Kier molecular flexibility index (Phi) is 7.56. The van der Waals surface area contributed by atoms with Crippen LogP contribution in [-0.4, -0.2) is 0 Å². The molecular formula is C59H49N. The molecule has 8 aromatic carbocycles. The van der Waals surface area contributed by atoms with Crippen molar-refractivity contribution >= 4 is 17.1 Å². The number of hydrogen-bond acceptors (Lipinski definition) is 1. The monoisotopic (exact) mass is 771 g/mol. The zero-order valence-electron chi connectivity index (χ0n) is 35.0. The van der Waals surface area contributed by atoms with Gasteiger partial charge in [0.1, 0.15) is 0 Å². The van der Waals surface area contributed by atoms with E-state index in [-0.39, 0.29) is 16.2 Å². The van der Waals surface area contributed by atoms with Crippen molar-refractivity contribution in [3.63, 3.8) is 0 Å². The van der Waals surface area contributed by atoms with Gasteiger partial charge in [-0.05, 0) is 133 Å². The lowest BCUT2D eigenvalue weighted by atomic mass is 9.77. The van der Waals surface area contributed by atoms with Gasteiger partial charge in [-0.25, -0.2) is 0 Å². The molecule has 0 amide bonds. The van der Waals surface area contributed by atoms with Gasteiger partial charge in [0.25, 0.3) is 0 Å². The van der Waals surface area contributed by atoms with Crippen LogP contribution < -0.4 is 4.90 Å². The van der Waals surface area contributed by atoms with Crippen molar-refractivity contribution in [1.82, 2.24) is 0 Å². The van der Waals surface area contributed by atoms with Gasteiger partial charge in [-0.15, -0.1) is 0 Å². The van der Waals surface area contributed by atoms with Gasteiger partial charge >= 0.3 is 0 Å². The van der Waals surface area contributed by atoms with Crippen LogP contribution in [0.4, 0.5) is 17.1 Å². The fraction of sp³-hybridized carbons (Fsp3) is 0.186. The van der Waals surface area contributed by atoms with E-state index in [1.807, 2.05) is 0 Å². The van der Waals surface area contributed by atoms with E-state index in [9.17, 15) is 0 Å². The van der Waals surface area contributed by atoms with Crippen molar-refractivity contribution in [3.8, 4) is 55.6 Å². The molecule has 0 heterocycles. The number of rotatable bonds is 5. The minimum absolute atomic E-state index is 0.0244. The lowest BCUT2D eigenvalue weighted by molar-refractivity contribution is 0.550. The van der Waals surface area contributed by atoms with Crippen LogP contribution in [0.15, 0.2) is 176 Å². The Labute approximate surface area is 355 Å². The Bertz CT molecular complexity index is 3060. The van der Waals surface area contributed by atoms with Crippen molar-refractivity contribution in [2.24, 2.45) is 0 Å². The number of benzene rings is 8. The van der Waals surface area contributed by atoms with E-state index in [0.29, 0.717) is 0 Å². The molecule has 0 N–H and O–H groups in total. The molecule has 1 fully saturated rings. The highest BCUT2D eigenvalue weighted by Crippen LogP contribution is 2.59. The molecule has 290 valence electrons. The normalized spacial score (nSPS) is 16.5. The van der Waals surface area contributed by atoms with Gasteiger partial charge in [-0.1, -0.05) is 180 Å². The van der Waals surface area contributed by atoms with Crippen molar-refractivity contribution in [1.29, 1.82) is 0 Å². The van der Waals surface area contributed by atoms with E-state index in [4.69, 9.17) is 0 Å². The zero-order valence-corrected chi connectivity index (χ0v) is 35.0. The second kappa shape index (κ2) is 12.8. The van der Waals surface area contributed by atoms with Crippen LogP contribution in [0.3, 0.4) is 0 Å². The number of para-hydroxylation sites is 1. The highest BCUT2D eigenvalue weighted by Gasteiger charge is 2.45. The standard InChI is InChI=1S/C59H49N/c1-57(2)49-24-9-5-19-42(49)47-36-39(29-31-51(47)57)38-17-15-18-40(35-38)60(41-30-32-53-48(37-41)43-20-6-11-26-52(43)59(53)33-13-14-34-59)55-28-12-8-21-44(55)45-23-16-27-54-56(45)46-22-7-10-25-50(46)58(54,3)4/h5-12,15-32,35-37H,13-14,33-34H2,1-4H3. The Morgan fingerprint density at radius 1 is 0.350 bits per heavy atom. The zero-order chi connectivity index (χ0) is 40.4. The molecule has 4 aliphatic rings. The molecule has 1 heteroatoms. The summed E-state index contributed by atoms with van der Waals surface area (Å²) in [5.41, 5.74) is 25.3. The van der Waals surface area contributed by atoms with Gasteiger partial charge in [0.2, 0.25) is 0 Å². The summed E-state index contributed by atoms with van der Waals surface area (Å²) in [7, 11) is 0. The molecule has 0 atom stereocenters. The average molecular weight is 772 g/mol. The van der Waals surface area contributed by atoms with Crippen LogP contribution in [0.25, 0.3) is 55.6 Å². The number of anilines is 3. The van der Waals surface area contributed by atoms with E-state index in [1.54, 1.807) is 0 Å². The van der Waals surface area contributed by atoms with E-state index < -0.39 is 0 Å². The van der Waals surface area contributed by atoms with Crippen LogP contribution >= 0.6 is 0 Å². The lowest BCUT2D eigenvalue weighted by Crippen LogP contribution is -2.20. The van der Waals surface area contributed by atoms with E-state index in [2.05, 4.69) is 209 Å². The second-order valence-electron chi connectivity index (χ2n) is 18.8. The molecule has 0 bridgehead atoms. The maximum absolute atomic E-state index is 2.54. The third-order valence-corrected chi connectivity index (χ3v) is 15.0. The molecule has 0 aliphatic heterocycles. The molecule has 4 aliphatic carbocycles. The SMILES string of the molecule is CC1(C)c2ccccc2-c2cc(-c3cccc(N(c4ccc5c(c4)-c4ccccc4C54CCCC4)c4ccccc4-c4cccc5c4-c4ccccc4C5(C)C)c3)ccc21. The molecule has 0 saturated heterocycles. The Morgan fingerprint density at radius 2 is 0.850 bits per heavy atom. The number of fused-ring (bicyclic) bond motifs is 11. The molecule has 1 saturated carbocycles. The summed E-state index contributed by atoms with van der Waals surface area (Å²) in [5.74, 6) is 0. The van der Waals surface area contributed by atoms with Crippen LogP contribution in [-0.2, 0) is 16.2 Å². The van der Waals surface area contributed by atoms with Gasteiger partial charge in [-0.3, -0.25) is 0 Å². The van der Waals surface area contributed by atoms with Crippen LogP contribution in [0.5, 0.6) is 0 Å². The molecule has 8 aromatic rings. The third kappa shape index (κ3) is 4.87. The van der Waals surface area contributed by atoms with E-state index in [0.717, 1.165) is 5.69 Å². The highest BCUT2D eigenvalue weighted by atomic mass is 15.1. The first kappa shape index (κ1) is 35.5. The lowest BCUT2D eigenvalue weighted by Gasteiger charge is -2.30. The molecule has 12 rings (SSSR count). The van der Waals surface area contributed by atoms with Crippen molar-refractivity contribution in [2.45, 2.75) is 69.6 Å². The fourth-order valence-corrected chi connectivity index (χ4v) is 12.1. The molecule has 0 unspecified atom stereocenters. The van der Waals surface area contributed by atoms with Gasteiger partial charge in [0.15, 0.2) is 0 Å². The molecule has 1 spiro atoms. The van der Waals surface area contributed by atoms with Gasteiger partial charge in [-0.2, -0.15) is 0 Å². The first-order valence-electron chi connectivity index (χ1n) is 22.0. The number of nitrogens with zero attached hydrogens (tertiary/aromatic N) is 1. The molecule has 0 radical (unpaired) electrons. The summed E-state index contributed by atoms with van der Waals surface area (Å²) >= 11 is 0. The van der Waals surface area contributed by atoms with Crippen LogP contribution in [0.1, 0.15) is 86.8 Å². The Morgan fingerprint density at radius 3 is 1.63 bits per heavy atom. The van der Waals surface area contributed by atoms with Crippen LogP contribution in [0.2, 0.25) is 0 Å². The predicted molar refractivity (Wildman–Crippen MR) is 252 cm³/mol. The van der Waals surface area contributed by atoms with E-state index in [1.165, 1.54) is 126 Å². The van der Waals surface area contributed by atoms with Gasteiger partial charge < -0.3 is 4.90 Å². The first-order chi connectivity index (χ1) is 29.3. The summed E-state index contributed by atoms with van der Waals surface area (Å²) in [6, 6.07) is 67.1. The van der Waals surface area contributed by atoms with Crippen molar-refractivity contribution in [2.75, 3.05) is 4.90 Å². The summed E-state index contributed by atoms with van der Waals surface area (Å²) in [6.07, 6.45) is 5.03. The topological polar surface area (TPSA) is 3.24 Å². The Hall–Kier alpha value is -6.44. The second-order valence-corrected chi connectivity index (χ2v) is 18.8. The Balaban J connectivity index is 1.07. The summed E-state index contributed by atoms with van der Waals surface area (Å²) in [6.45, 7) is 9.48. The van der Waals surface area contributed by atoms with Crippen molar-refractivity contribution < 1.29 is 0 Å². The van der Waals surface area contributed by atoms with Crippen molar-refractivity contribution in [3.05, 3.63) is 209 Å². The molecular weight excluding hydrogens is 723 g/mol. The fourth-order valence-electron chi connectivity index (χ4n) is 12.1. The maximum Gasteiger partial charge on any atom is 0.0540 e.